The lowest BCUT2D eigenvalue weighted by Crippen LogP contribution is -2.36. The van der Waals surface area contributed by atoms with Crippen molar-refractivity contribution in [2.75, 3.05) is 13.1 Å². The number of nitrogens with zero attached hydrogens (tertiary/aromatic N) is 2. The first kappa shape index (κ1) is 24.3. The summed E-state index contributed by atoms with van der Waals surface area (Å²) >= 11 is 1.51. The number of nitrogens with one attached hydrogen (secondary N) is 1. The number of hydrogen-bond donors (Lipinski definition) is 2. The number of rotatable bonds is 9. The molecule has 2 aromatic heterocycles. The third-order valence-electron chi connectivity index (χ3n) is 5.96. The second-order valence-electron chi connectivity index (χ2n) is 9.59. The Bertz CT molecular complexity index is 1310. The number of aryl methyl sites for hydroxylation is 2. The van der Waals surface area contributed by atoms with Gasteiger partial charge in [0.1, 0.15) is 10.7 Å². The van der Waals surface area contributed by atoms with E-state index in [1.54, 1.807) is 0 Å². The van der Waals surface area contributed by atoms with Crippen molar-refractivity contribution in [3.63, 3.8) is 0 Å². The maximum Gasteiger partial charge on any atom is 0.260 e. The minimum absolute atomic E-state index is 0.105. The molecule has 1 atom stereocenters. The van der Waals surface area contributed by atoms with Gasteiger partial charge in [-0.05, 0) is 42.9 Å². The summed E-state index contributed by atoms with van der Waals surface area (Å²) in [5.74, 6) is 1.07. The van der Waals surface area contributed by atoms with E-state index in [0.717, 1.165) is 33.6 Å². The molecule has 0 bridgehead atoms. The molecule has 0 saturated carbocycles. The number of hydrogen-bond acceptors (Lipinski definition) is 5. The molecule has 0 aliphatic rings. The lowest BCUT2D eigenvalue weighted by atomic mass is 9.99. The smallest absolute Gasteiger partial charge is 0.260 e. The summed E-state index contributed by atoms with van der Waals surface area (Å²) in [7, 11) is 0. The van der Waals surface area contributed by atoms with E-state index < -0.39 is 6.10 Å². The van der Waals surface area contributed by atoms with E-state index in [1.807, 2.05) is 35.7 Å². The average Bonchev–Trinajstić information content (AvgIpc) is 3.20. The van der Waals surface area contributed by atoms with Gasteiger partial charge in [-0.1, -0.05) is 67.9 Å². The SMILES string of the molecule is Cc1ccc(C)c(-c2csc3nc(CN(CC(C)C)C[C@H](O)Cc4ccccc4)[nH]c(=O)c23)c1. The van der Waals surface area contributed by atoms with Crippen LogP contribution in [0.2, 0.25) is 0 Å². The third-order valence-corrected chi connectivity index (χ3v) is 6.83. The number of benzene rings is 2. The molecule has 4 rings (SSSR count). The first-order chi connectivity index (χ1) is 16.3. The van der Waals surface area contributed by atoms with E-state index in [4.69, 9.17) is 4.98 Å². The summed E-state index contributed by atoms with van der Waals surface area (Å²) in [6.45, 7) is 10.3. The van der Waals surface area contributed by atoms with E-state index in [9.17, 15) is 9.90 Å². The summed E-state index contributed by atoms with van der Waals surface area (Å²) in [6.07, 6.45) is 0.108. The van der Waals surface area contributed by atoms with Crippen LogP contribution in [0.15, 0.2) is 58.7 Å². The molecule has 178 valence electrons. The van der Waals surface area contributed by atoms with E-state index in [2.05, 4.69) is 55.8 Å². The van der Waals surface area contributed by atoms with Gasteiger partial charge >= 0.3 is 0 Å². The molecule has 0 aliphatic heterocycles. The molecule has 0 unspecified atom stereocenters. The zero-order valence-electron chi connectivity index (χ0n) is 20.3. The number of aromatic nitrogens is 2. The van der Waals surface area contributed by atoms with Crippen LogP contribution in [0.3, 0.4) is 0 Å². The molecule has 34 heavy (non-hydrogen) atoms. The summed E-state index contributed by atoms with van der Waals surface area (Å²) < 4.78 is 0. The Morgan fingerprint density at radius 2 is 1.82 bits per heavy atom. The average molecular weight is 476 g/mol. The van der Waals surface area contributed by atoms with Crippen LogP contribution in [0.1, 0.15) is 36.4 Å². The fourth-order valence-electron chi connectivity index (χ4n) is 4.47. The van der Waals surface area contributed by atoms with Crippen LogP contribution in [-0.2, 0) is 13.0 Å². The predicted molar refractivity (Wildman–Crippen MR) is 141 cm³/mol. The largest absolute Gasteiger partial charge is 0.391 e. The Balaban J connectivity index is 1.58. The molecule has 5 nitrogen and oxygen atoms in total. The van der Waals surface area contributed by atoms with Crippen molar-refractivity contribution in [2.45, 2.75) is 46.8 Å². The number of aromatic amines is 1. The summed E-state index contributed by atoms with van der Waals surface area (Å²) in [5.41, 5.74) is 5.34. The number of aliphatic hydroxyl groups is 1. The van der Waals surface area contributed by atoms with Crippen LogP contribution in [-0.4, -0.2) is 39.2 Å². The Kier molecular flexibility index (Phi) is 7.61. The highest BCUT2D eigenvalue weighted by atomic mass is 32.1. The Hall–Kier alpha value is -2.80. The van der Waals surface area contributed by atoms with Crippen LogP contribution >= 0.6 is 11.3 Å². The minimum Gasteiger partial charge on any atom is -0.391 e. The first-order valence-electron chi connectivity index (χ1n) is 11.8. The van der Waals surface area contributed by atoms with Gasteiger partial charge in [0.15, 0.2) is 0 Å². The fourth-order valence-corrected chi connectivity index (χ4v) is 5.43. The van der Waals surface area contributed by atoms with Gasteiger partial charge in [0, 0.05) is 24.0 Å². The van der Waals surface area contributed by atoms with E-state index >= 15 is 0 Å². The highest BCUT2D eigenvalue weighted by Gasteiger charge is 2.18. The molecule has 2 heterocycles. The second-order valence-corrected chi connectivity index (χ2v) is 10.5. The van der Waals surface area contributed by atoms with Gasteiger partial charge in [-0.3, -0.25) is 9.69 Å². The Labute approximate surface area is 205 Å². The van der Waals surface area contributed by atoms with Gasteiger partial charge in [0.25, 0.3) is 5.56 Å². The second kappa shape index (κ2) is 10.6. The van der Waals surface area contributed by atoms with Gasteiger partial charge in [-0.15, -0.1) is 11.3 Å². The molecular weight excluding hydrogens is 442 g/mol. The molecule has 6 heteroatoms. The standard InChI is InChI=1S/C28H33N3O2S/c1-18(2)14-31(15-22(32)13-21-8-6-5-7-9-21)16-25-29-27(33)26-24(17-34-28(26)30-25)23-12-19(3)10-11-20(23)4/h5-12,17-18,22,32H,13-16H2,1-4H3,(H,29,30,33)/t22-/m1/s1. The lowest BCUT2D eigenvalue weighted by molar-refractivity contribution is 0.100. The Morgan fingerprint density at radius 1 is 1.06 bits per heavy atom. The number of thiophene rings is 1. The van der Waals surface area contributed by atoms with Gasteiger partial charge in [0.05, 0.1) is 18.0 Å². The summed E-state index contributed by atoms with van der Waals surface area (Å²) in [6, 6.07) is 16.3. The first-order valence-corrected chi connectivity index (χ1v) is 12.7. The molecule has 0 radical (unpaired) electrons. The summed E-state index contributed by atoms with van der Waals surface area (Å²) in [4.78, 5) is 23.9. The normalized spacial score (nSPS) is 12.7. The molecule has 4 aromatic rings. The molecule has 0 fully saturated rings. The molecule has 2 aromatic carbocycles. The van der Waals surface area contributed by atoms with Gasteiger partial charge in [-0.25, -0.2) is 4.98 Å². The lowest BCUT2D eigenvalue weighted by Gasteiger charge is -2.26. The molecule has 0 aliphatic carbocycles. The number of H-pyrrole nitrogens is 1. The fraction of sp³-hybridized carbons (Fsp3) is 0.357. The van der Waals surface area contributed by atoms with E-state index in [1.165, 1.54) is 16.9 Å². The van der Waals surface area contributed by atoms with Crippen molar-refractivity contribution in [1.82, 2.24) is 14.9 Å². The van der Waals surface area contributed by atoms with Crippen molar-refractivity contribution < 1.29 is 5.11 Å². The monoisotopic (exact) mass is 475 g/mol. The maximum absolute atomic E-state index is 13.2. The van der Waals surface area contributed by atoms with Crippen LogP contribution in [0, 0.1) is 19.8 Å². The molecule has 0 amide bonds. The van der Waals surface area contributed by atoms with Crippen molar-refractivity contribution >= 4 is 21.6 Å². The zero-order chi connectivity index (χ0) is 24.2. The van der Waals surface area contributed by atoms with Gasteiger partial charge in [0.2, 0.25) is 0 Å². The highest BCUT2D eigenvalue weighted by Crippen LogP contribution is 2.33. The highest BCUT2D eigenvalue weighted by molar-refractivity contribution is 7.17. The van der Waals surface area contributed by atoms with Crippen LogP contribution < -0.4 is 5.56 Å². The predicted octanol–water partition coefficient (Wildman–Crippen LogP) is 5.33. The zero-order valence-corrected chi connectivity index (χ0v) is 21.2. The molecule has 0 saturated heterocycles. The van der Waals surface area contributed by atoms with Crippen LogP contribution in [0.4, 0.5) is 0 Å². The van der Waals surface area contributed by atoms with E-state index in [0.29, 0.717) is 36.6 Å². The summed E-state index contributed by atoms with van der Waals surface area (Å²) in [5, 5.41) is 13.4. The number of fused-ring (bicyclic) bond motifs is 1. The maximum atomic E-state index is 13.2. The topological polar surface area (TPSA) is 69.2 Å². The molecule has 0 spiro atoms. The van der Waals surface area contributed by atoms with Gasteiger partial charge < -0.3 is 10.1 Å². The minimum atomic E-state index is -0.491. The molecule has 2 N–H and O–H groups in total. The third kappa shape index (κ3) is 5.81. The van der Waals surface area contributed by atoms with Crippen molar-refractivity contribution in [3.05, 3.63) is 86.8 Å². The van der Waals surface area contributed by atoms with Crippen molar-refractivity contribution in [2.24, 2.45) is 5.92 Å². The molecular formula is C28H33N3O2S. The quantitative estimate of drug-likeness (QED) is 0.343. The number of aliphatic hydroxyl groups excluding tert-OH is 1. The van der Waals surface area contributed by atoms with Gasteiger partial charge in [-0.2, -0.15) is 0 Å². The van der Waals surface area contributed by atoms with Crippen LogP contribution in [0.5, 0.6) is 0 Å². The van der Waals surface area contributed by atoms with Crippen molar-refractivity contribution in [3.8, 4) is 11.1 Å². The van der Waals surface area contributed by atoms with Crippen molar-refractivity contribution in [1.29, 1.82) is 0 Å². The van der Waals surface area contributed by atoms with E-state index in [-0.39, 0.29) is 5.56 Å². The Morgan fingerprint density at radius 3 is 2.56 bits per heavy atom. The van der Waals surface area contributed by atoms with Crippen LogP contribution in [0.25, 0.3) is 21.3 Å².